The Labute approximate surface area is 242 Å². The fourth-order valence-electron chi connectivity index (χ4n) is 3.69. The molecule has 0 aliphatic heterocycles. The minimum Gasteiger partial charge on any atom is -0.481 e. The number of amides is 5. The molecule has 226 valence electrons. The molecule has 14 nitrogen and oxygen atoms in total. The van der Waals surface area contributed by atoms with E-state index < -0.39 is 78.6 Å². The summed E-state index contributed by atoms with van der Waals surface area (Å²) in [7, 11) is 0. The van der Waals surface area contributed by atoms with Crippen molar-refractivity contribution >= 4 is 54.1 Å². The largest absolute Gasteiger partial charge is 0.481 e. The van der Waals surface area contributed by atoms with Crippen LogP contribution in [0.2, 0.25) is 0 Å². The van der Waals surface area contributed by atoms with Crippen LogP contribution in [0.5, 0.6) is 0 Å². The Hall–Kier alpha value is -4.14. The number of hydrogen-bond acceptors (Lipinski definition) is 8. The summed E-state index contributed by atoms with van der Waals surface area (Å²) >= 11 is 4.03. The molecule has 15 heteroatoms. The van der Waals surface area contributed by atoms with Crippen LogP contribution in [0.15, 0.2) is 30.3 Å². The summed E-state index contributed by atoms with van der Waals surface area (Å²) in [5, 5.41) is 30.0. The van der Waals surface area contributed by atoms with Crippen LogP contribution >= 0.6 is 12.6 Å². The molecule has 0 heterocycles. The molecule has 0 bridgehead atoms. The molecule has 0 unspecified atom stereocenters. The van der Waals surface area contributed by atoms with Crippen LogP contribution in [0.1, 0.15) is 39.2 Å². The highest BCUT2D eigenvalue weighted by atomic mass is 32.1. The first-order chi connectivity index (χ1) is 19.2. The van der Waals surface area contributed by atoms with Crippen LogP contribution in [0.4, 0.5) is 0 Å². The summed E-state index contributed by atoms with van der Waals surface area (Å²) in [5.74, 6) is -6.80. The zero-order valence-corrected chi connectivity index (χ0v) is 23.9. The van der Waals surface area contributed by atoms with Gasteiger partial charge in [0.1, 0.15) is 30.7 Å². The van der Waals surface area contributed by atoms with Crippen LogP contribution in [-0.2, 0) is 40.0 Å². The predicted molar refractivity (Wildman–Crippen MR) is 150 cm³/mol. The first kappa shape index (κ1) is 34.9. The average molecular weight is 596 g/mol. The molecule has 0 fully saturated rings. The van der Waals surface area contributed by atoms with E-state index in [2.05, 4.69) is 39.2 Å². The number of rotatable bonds is 17. The average Bonchev–Trinajstić information content (AvgIpc) is 2.88. The van der Waals surface area contributed by atoms with Gasteiger partial charge < -0.3 is 36.8 Å². The SMILES string of the molecule is CC(=O)N[C@@H](CC(C)C)C(=O)N[C@@H](CC(=O)O)C(=O)N[C@@H](Cc1ccccc1)C(=O)N[C@@H](CS)C(=O)NCC(=O)O. The van der Waals surface area contributed by atoms with E-state index >= 15 is 0 Å². The Balaban J connectivity index is 3.19. The van der Waals surface area contributed by atoms with Crippen molar-refractivity contribution in [3.8, 4) is 0 Å². The fraction of sp³-hybridized carbons (Fsp3) is 0.500. The normalized spacial score (nSPS) is 13.6. The second-order valence-electron chi connectivity index (χ2n) is 9.65. The molecule has 5 amide bonds. The third-order valence-electron chi connectivity index (χ3n) is 5.56. The van der Waals surface area contributed by atoms with Gasteiger partial charge in [-0.1, -0.05) is 44.2 Å². The molecule has 0 saturated heterocycles. The van der Waals surface area contributed by atoms with Gasteiger partial charge in [0.05, 0.1) is 6.42 Å². The van der Waals surface area contributed by atoms with Gasteiger partial charge in [-0.05, 0) is 17.9 Å². The number of carboxylic acids is 2. The van der Waals surface area contributed by atoms with Crippen molar-refractivity contribution in [3.05, 3.63) is 35.9 Å². The van der Waals surface area contributed by atoms with Crippen LogP contribution in [0, 0.1) is 5.92 Å². The first-order valence-electron chi connectivity index (χ1n) is 12.8. The lowest BCUT2D eigenvalue weighted by Crippen LogP contribution is -2.59. The van der Waals surface area contributed by atoms with Crippen molar-refractivity contribution in [2.24, 2.45) is 5.92 Å². The fourth-order valence-corrected chi connectivity index (χ4v) is 3.95. The number of carbonyl (C=O) groups excluding carboxylic acids is 5. The molecule has 0 aliphatic rings. The van der Waals surface area contributed by atoms with Gasteiger partial charge in [-0.3, -0.25) is 33.6 Å². The minimum atomic E-state index is -1.60. The van der Waals surface area contributed by atoms with E-state index in [0.29, 0.717) is 5.56 Å². The highest BCUT2D eigenvalue weighted by Gasteiger charge is 2.32. The predicted octanol–water partition coefficient (Wildman–Crippen LogP) is -1.16. The number of hydrogen-bond donors (Lipinski definition) is 8. The lowest BCUT2D eigenvalue weighted by molar-refractivity contribution is -0.141. The molecule has 0 spiro atoms. The van der Waals surface area contributed by atoms with E-state index in [1.807, 2.05) is 13.8 Å². The second kappa shape index (κ2) is 17.5. The number of aliphatic carboxylic acids is 2. The molecule has 0 saturated carbocycles. The van der Waals surface area contributed by atoms with Crippen LogP contribution in [-0.4, -0.2) is 88.2 Å². The molecule has 0 aliphatic carbocycles. The first-order valence-corrected chi connectivity index (χ1v) is 13.4. The molecule has 0 aromatic heterocycles. The molecule has 7 N–H and O–H groups in total. The molecular formula is C26H37N5O9S. The summed E-state index contributed by atoms with van der Waals surface area (Å²) in [5.41, 5.74) is 0.618. The summed E-state index contributed by atoms with van der Waals surface area (Å²) in [6.45, 7) is 4.16. The molecule has 1 aromatic rings. The van der Waals surface area contributed by atoms with Crippen molar-refractivity contribution < 1.29 is 43.8 Å². The van der Waals surface area contributed by atoms with E-state index in [1.165, 1.54) is 6.92 Å². The van der Waals surface area contributed by atoms with Crippen LogP contribution in [0.25, 0.3) is 0 Å². The minimum absolute atomic E-state index is 0.0178. The highest BCUT2D eigenvalue weighted by molar-refractivity contribution is 7.80. The summed E-state index contributed by atoms with van der Waals surface area (Å²) in [4.78, 5) is 85.6. The number of carbonyl (C=O) groups is 7. The van der Waals surface area contributed by atoms with Gasteiger partial charge in [-0.25, -0.2) is 0 Å². The Morgan fingerprint density at radius 3 is 1.78 bits per heavy atom. The van der Waals surface area contributed by atoms with Crippen molar-refractivity contribution in [1.82, 2.24) is 26.6 Å². The van der Waals surface area contributed by atoms with Gasteiger partial charge in [-0.2, -0.15) is 12.6 Å². The Kier molecular flexibility index (Phi) is 14.9. The lowest BCUT2D eigenvalue weighted by atomic mass is 10.0. The van der Waals surface area contributed by atoms with Gasteiger partial charge >= 0.3 is 11.9 Å². The second-order valence-corrected chi connectivity index (χ2v) is 10.0. The molecule has 1 aromatic carbocycles. The summed E-state index contributed by atoms with van der Waals surface area (Å²) in [6, 6.07) is 3.31. The van der Waals surface area contributed by atoms with Crippen molar-refractivity contribution in [1.29, 1.82) is 0 Å². The van der Waals surface area contributed by atoms with Crippen molar-refractivity contribution in [2.45, 2.75) is 64.2 Å². The lowest BCUT2D eigenvalue weighted by Gasteiger charge is -2.26. The van der Waals surface area contributed by atoms with E-state index in [9.17, 15) is 38.7 Å². The Morgan fingerprint density at radius 1 is 0.732 bits per heavy atom. The number of benzene rings is 1. The molecular weight excluding hydrogens is 558 g/mol. The Morgan fingerprint density at radius 2 is 1.27 bits per heavy atom. The molecule has 4 atom stereocenters. The zero-order chi connectivity index (χ0) is 31.1. The number of carboxylic acid groups (broad SMARTS) is 2. The molecule has 41 heavy (non-hydrogen) atoms. The maximum Gasteiger partial charge on any atom is 0.322 e. The van der Waals surface area contributed by atoms with E-state index in [4.69, 9.17) is 5.11 Å². The quantitative estimate of drug-likeness (QED) is 0.102. The van der Waals surface area contributed by atoms with E-state index in [-0.39, 0.29) is 24.5 Å². The van der Waals surface area contributed by atoms with Gasteiger partial charge in [0.25, 0.3) is 0 Å². The van der Waals surface area contributed by atoms with Gasteiger partial charge in [0.2, 0.25) is 29.5 Å². The van der Waals surface area contributed by atoms with E-state index in [1.54, 1.807) is 30.3 Å². The summed E-state index contributed by atoms with van der Waals surface area (Å²) < 4.78 is 0. The number of thiol groups is 1. The Bertz CT molecular complexity index is 1100. The topological polar surface area (TPSA) is 220 Å². The van der Waals surface area contributed by atoms with Gasteiger partial charge in [0, 0.05) is 19.1 Å². The monoisotopic (exact) mass is 595 g/mol. The zero-order valence-electron chi connectivity index (χ0n) is 23.0. The number of nitrogens with one attached hydrogen (secondary N) is 5. The smallest absolute Gasteiger partial charge is 0.322 e. The van der Waals surface area contributed by atoms with Crippen molar-refractivity contribution in [2.75, 3.05) is 12.3 Å². The van der Waals surface area contributed by atoms with Crippen LogP contribution < -0.4 is 26.6 Å². The third-order valence-corrected chi connectivity index (χ3v) is 5.92. The third kappa shape index (κ3) is 13.7. The molecule has 1 rings (SSSR count). The standard InChI is InChI=1S/C26H37N5O9S/c1-14(2)9-17(28-15(3)32)24(38)30-19(11-21(33)34)26(40)29-18(10-16-7-5-4-6-8-16)25(39)31-20(13-41)23(37)27-12-22(35)36/h4-8,14,17-20,41H,9-13H2,1-3H3,(H,27,37)(H,28,32)(H,29,40)(H,30,38)(H,31,39)(H,33,34)(H,35,36)/t17-,18-,19-,20-/m0/s1. The van der Waals surface area contributed by atoms with Gasteiger partial charge in [-0.15, -0.1) is 0 Å². The van der Waals surface area contributed by atoms with Gasteiger partial charge in [0.15, 0.2) is 0 Å². The maximum atomic E-state index is 13.2. The molecule has 0 radical (unpaired) electrons. The van der Waals surface area contributed by atoms with E-state index in [0.717, 1.165) is 0 Å². The highest BCUT2D eigenvalue weighted by Crippen LogP contribution is 2.08. The van der Waals surface area contributed by atoms with Crippen LogP contribution in [0.3, 0.4) is 0 Å². The summed E-state index contributed by atoms with van der Waals surface area (Å²) in [6.07, 6.45) is -0.659. The van der Waals surface area contributed by atoms with Crippen molar-refractivity contribution in [3.63, 3.8) is 0 Å². The maximum absolute atomic E-state index is 13.2.